The van der Waals surface area contributed by atoms with E-state index < -0.39 is 41.8 Å². The van der Waals surface area contributed by atoms with Crippen LogP contribution in [0.4, 0.5) is 48.4 Å². The third kappa shape index (κ3) is 8.27. The Morgan fingerprint density at radius 1 is 0.932 bits per heavy atom. The first-order valence-electron chi connectivity index (χ1n) is 13.9. The quantitative estimate of drug-likeness (QED) is 0.190. The highest BCUT2D eigenvalue weighted by molar-refractivity contribution is 6.00. The summed E-state index contributed by atoms with van der Waals surface area (Å²) in [4.78, 5) is 26.7. The van der Waals surface area contributed by atoms with Crippen LogP contribution >= 0.6 is 0 Å². The van der Waals surface area contributed by atoms with Crippen molar-refractivity contribution in [3.05, 3.63) is 65.9 Å². The lowest BCUT2D eigenvalue weighted by molar-refractivity contribution is -0.787. The summed E-state index contributed by atoms with van der Waals surface area (Å²) in [6.45, 7) is 2.75. The van der Waals surface area contributed by atoms with Gasteiger partial charge in [-0.05, 0) is 62.2 Å². The predicted molar refractivity (Wildman–Crippen MR) is 149 cm³/mol. The third-order valence-corrected chi connectivity index (χ3v) is 7.90. The van der Waals surface area contributed by atoms with Gasteiger partial charge in [0.1, 0.15) is 6.04 Å². The first-order valence-corrected chi connectivity index (χ1v) is 13.9. The van der Waals surface area contributed by atoms with E-state index in [9.17, 15) is 35.9 Å². The van der Waals surface area contributed by atoms with E-state index in [1.54, 1.807) is 37.3 Å². The summed E-state index contributed by atoms with van der Waals surface area (Å²) in [6, 6.07) is 8.50. The molecule has 3 amide bonds. The minimum Gasteiger partial charge on any atom is -0.325 e. The van der Waals surface area contributed by atoms with Gasteiger partial charge in [0.2, 0.25) is 11.2 Å². The number of hydrogen-bond acceptors (Lipinski definition) is 5. The number of nitrogens with zero attached hydrogens (tertiary/aromatic N) is 3. The summed E-state index contributed by atoms with van der Waals surface area (Å²) < 4.78 is 86.7. The number of hydrogen-bond donors (Lipinski definition) is 3. The zero-order valence-corrected chi connectivity index (χ0v) is 24.2. The van der Waals surface area contributed by atoms with E-state index in [4.69, 9.17) is 4.52 Å². The van der Waals surface area contributed by atoms with Crippen molar-refractivity contribution < 1.29 is 45.1 Å². The summed E-state index contributed by atoms with van der Waals surface area (Å²) >= 11 is 0. The Morgan fingerprint density at radius 3 is 2.14 bits per heavy atom. The predicted octanol–water partition coefficient (Wildman–Crippen LogP) is 6.73. The fourth-order valence-electron chi connectivity index (χ4n) is 5.12. The van der Waals surface area contributed by atoms with Crippen LogP contribution in [0.15, 0.2) is 59.3 Å². The summed E-state index contributed by atoms with van der Waals surface area (Å²) in [5.74, 6) is -1.28. The van der Waals surface area contributed by atoms with Gasteiger partial charge < -0.3 is 10.6 Å². The highest BCUT2D eigenvalue weighted by Crippen LogP contribution is 2.35. The molecular formula is C29H33F6N6O3+. The smallest absolute Gasteiger partial charge is 0.325 e. The lowest BCUT2D eigenvalue weighted by Gasteiger charge is -2.36. The Labute approximate surface area is 249 Å². The van der Waals surface area contributed by atoms with Crippen molar-refractivity contribution in [3.63, 3.8) is 0 Å². The summed E-state index contributed by atoms with van der Waals surface area (Å²) in [5.41, 5.74) is -0.800. The molecule has 2 aromatic carbocycles. The number of benzene rings is 2. The molecular weight excluding hydrogens is 594 g/mol. The first-order chi connectivity index (χ1) is 20.6. The molecule has 44 heavy (non-hydrogen) atoms. The molecule has 1 aromatic heterocycles. The zero-order chi connectivity index (χ0) is 32.2. The average Bonchev–Trinajstić information content (AvgIpc) is 3.43. The molecule has 2 atom stereocenters. The first kappa shape index (κ1) is 32.8. The maximum Gasteiger partial charge on any atom is 0.416 e. The summed E-state index contributed by atoms with van der Waals surface area (Å²) in [5, 5.41) is 11.0. The van der Waals surface area contributed by atoms with Crippen molar-refractivity contribution in [1.82, 2.24) is 10.2 Å². The van der Waals surface area contributed by atoms with E-state index in [1.165, 1.54) is 28.9 Å². The molecule has 1 saturated carbocycles. The van der Waals surface area contributed by atoms with Crippen molar-refractivity contribution in [2.75, 3.05) is 23.0 Å². The minimum absolute atomic E-state index is 0.0929. The van der Waals surface area contributed by atoms with E-state index in [1.807, 2.05) is 0 Å². The Balaban J connectivity index is 1.38. The number of nitrogens with one attached hydrogen (secondary N) is 3. The molecule has 3 aromatic rings. The molecule has 1 aliphatic rings. The van der Waals surface area contributed by atoms with Crippen LogP contribution in [-0.2, 0) is 11.0 Å². The van der Waals surface area contributed by atoms with Gasteiger partial charge in [0.05, 0.1) is 11.5 Å². The molecule has 0 bridgehead atoms. The second-order valence-electron chi connectivity index (χ2n) is 10.9. The second-order valence-corrected chi connectivity index (χ2v) is 10.9. The topological polar surface area (TPSA) is 103 Å². The molecule has 0 saturated heterocycles. The van der Waals surface area contributed by atoms with Crippen LogP contribution in [0.5, 0.6) is 0 Å². The molecule has 4 rings (SSSR count). The molecule has 1 unspecified atom stereocenters. The number of carbonyl (C=O) groups excluding carboxylic acids is 2. The number of halogens is 6. The van der Waals surface area contributed by atoms with Crippen LogP contribution in [0.25, 0.3) is 0 Å². The molecule has 3 N–H and O–H groups in total. The Hall–Kier alpha value is -4.14. The van der Waals surface area contributed by atoms with Crippen molar-refractivity contribution in [2.45, 2.75) is 75.9 Å². The van der Waals surface area contributed by atoms with Gasteiger partial charge in [-0.2, -0.15) is 26.3 Å². The van der Waals surface area contributed by atoms with E-state index >= 15 is 0 Å². The monoisotopic (exact) mass is 627 g/mol. The van der Waals surface area contributed by atoms with Gasteiger partial charge in [0, 0.05) is 30.3 Å². The van der Waals surface area contributed by atoms with Gasteiger partial charge in [-0.1, -0.05) is 30.3 Å². The standard InChI is InChI=1S/C29H32F6N6O3/c1-17(19-7-5-4-6-8-19)26(42)36-21-13-20(29(33,34)35)14-22(15-21)37-27(43)38-25-16-41(39-44-25)24-11-9-23(10-12-24)40(3)18(2)28(30,31)32/h4-8,13-18,23-24H,9-12H2,1-3H3,(H2-,36,37,38,39,42,43)/p+1/t17-,18?,23?,24?/m0/s1. The van der Waals surface area contributed by atoms with Crippen molar-refractivity contribution >= 4 is 29.2 Å². The Bertz CT molecular complexity index is 1440. The number of urea groups is 1. The Morgan fingerprint density at radius 2 is 1.55 bits per heavy atom. The van der Waals surface area contributed by atoms with Crippen LogP contribution < -0.4 is 20.6 Å². The zero-order valence-electron chi connectivity index (χ0n) is 24.2. The summed E-state index contributed by atoms with van der Waals surface area (Å²) in [6.07, 6.45) is -5.61. The van der Waals surface area contributed by atoms with Gasteiger partial charge in [0.25, 0.3) is 6.20 Å². The molecule has 1 heterocycles. The van der Waals surface area contributed by atoms with E-state index in [0.717, 1.165) is 19.1 Å². The normalized spacial score (nSPS) is 18.9. The van der Waals surface area contributed by atoms with Gasteiger partial charge >= 0.3 is 24.3 Å². The Kier molecular flexibility index (Phi) is 9.86. The molecule has 1 fully saturated rings. The molecule has 15 heteroatoms. The van der Waals surface area contributed by atoms with Crippen LogP contribution in [-0.4, -0.2) is 47.4 Å². The number of rotatable bonds is 8. The molecule has 1 aliphatic carbocycles. The number of anilines is 3. The highest BCUT2D eigenvalue weighted by atomic mass is 19.4. The van der Waals surface area contributed by atoms with Crippen LogP contribution in [0, 0.1) is 0 Å². The second kappa shape index (κ2) is 13.2. The maximum atomic E-state index is 13.6. The van der Waals surface area contributed by atoms with Crippen LogP contribution in [0.2, 0.25) is 0 Å². The van der Waals surface area contributed by atoms with Gasteiger partial charge in [0.15, 0.2) is 6.04 Å². The average molecular weight is 628 g/mol. The summed E-state index contributed by atoms with van der Waals surface area (Å²) in [7, 11) is 1.46. The molecule has 9 nitrogen and oxygen atoms in total. The number of carbonyl (C=O) groups is 2. The van der Waals surface area contributed by atoms with Gasteiger partial charge in [-0.3, -0.25) is 19.5 Å². The van der Waals surface area contributed by atoms with Crippen molar-refractivity contribution in [1.29, 1.82) is 0 Å². The van der Waals surface area contributed by atoms with E-state index in [0.29, 0.717) is 31.2 Å². The van der Waals surface area contributed by atoms with Crippen LogP contribution in [0.1, 0.15) is 62.6 Å². The lowest BCUT2D eigenvalue weighted by Crippen LogP contribution is -2.50. The lowest BCUT2D eigenvalue weighted by atomic mass is 9.90. The maximum absolute atomic E-state index is 13.6. The molecule has 0 aliphatic heterocycles. The highest BCUT2D eigenvalue weighted by Gasteiger charge is 2.42. The van der Waals surface area contributed by atoms with E-state index in [-0.39, 0.29) is 29.3 Å². The van der Waals surface area contributed by atoms with Crippen molar-refractivity contribution in [2.24, 2.45) is 0 Å². The fourth-order valence-corrected chi connectivity index (χ4v) is 5.12. The molecule has 238 valence electrons. The molecule has 0 radical (unpaired) electrons. The van der Waals surface area contributed by atoms with Crippen molar-refractivity contribution in [3.8, 4) is 0 Å². The number of amides is 3. The van der Waals surface area contributed by atoms with Crippen LogP contribution in [0.3, 0.4) is 0 Å². The fraction of sp³-hybridized carbons (Fsp3) is 0.448. The molecule has 0 spiro atoms. The third-order valence-electron chi connectivity index (χ3n) is 7.90. The van der Waals surface area contributed by atoms with Gasteiger partial charge in [-0.15, -0.1) is 0 Å². The van der Waals surface area contributed by atoms with Gasteiger partial charge in [-0.25, -0.2) is 4.79 Å². The SMILES string of the molecule is CC(N(C)C1CCC([n+]2cc(NC(=O)Nc3cc(NC(=O)[C@@H](C)c4ccccc4)cc(C(F)(F)F)c3)on2)CC1)C(F)(F)F. The number of aromatic nitrogens is 2. The van der Waals surface area contributed by atoms with E-state index in [2.05, 4.69) is 21.2 Å². The minimum atomic E-state index is -4.76. The number of alkyl halides is 6. The largest absolute Gasteiger partial charge is 0.416 e.